The van der Waals surface area contributed by atoms with Crippen LogP contribution in [0.1, 0.15) is 78.9 Å². The fourth-order valence-electron chi connectivity index (χ4n) is 5.78. The van der Waals surface area contributed by atoms with E-state index in [1.54, 1.807) is 36.4 Å². The lowest BCUT2D eigenvalue weighted by molar-refractivity contribution is -0.132. The van der Waals surface area contributed by atoms with Crippen LogP contribution in [0.5, 0.6) is 0 Å². The molecule has 0 aliphatic carbocycles. The Labute approximate surface area is 400 Å². The zero-order chi connectivity index (χ0) is 51.0. The summed E-state index contributed by atoms with van der Waals surface area (Å²) in [4.78, 5) is 66.0. The minimum absolute atomic E-state index is 0.0364. The minimum atomic E-state index is -0.646. The van der Waals surface area contributed by atoms with Gasteiger partial charge in [0.25, 0.3) is 0 Å². The number of hydrogen-bond acceptors (Lipinski definition) is 8. The van der Waals surface area contributed by atoms with Gasteiger partial charge in [0.1, 0.15) is 18.2 Å². The number of aromatic nitrogens is 4. The van der Waals surface area contributed by atoms with E-state index in [0.29, 0.717) is 44.2 Å². The average molecular weight is 917 g/mol. The fourth-order valence-corrected chi connectivity index (χ4v) is 5.78. The number of nitrogens with zero attached hydrogens (tertiary/aromatic N) is 4. The lowest BCUT2D eigenvalue weighted by atomic mass is 9.98. The summed E-state index contributed by atoms with van der Waals surface area (Å²) < 4.78 is 8.81. The van der Waals surface area contributed by atoms with E-state index in [1.807, 2.05) is 38.1 Å². The Morgan fingerprint density at radius 3 is 1.15 bits per heavy atom. The lowest BCUT2D eigenvalue weighted by Gasteiger charge is -2.21. The van der Waals surface area contributed by atoms with Crippen molar-refractivity contribution in [2.24, 2.45) is 0 Å². The normalized spacial score (nSPS) is 9.24. The van der Waals surface area contributed by atoms with Gasteiger partial charge in [-0.1, -0.05) is 127 Å². The Balaban J connectivity index is 0. The number of carbonyl (C=O) groups is 4. The van der Waals surface area contributed by atoms with Gasteiger partial charge in [-0.3, -0.25) is 14.4 Å². The van der Waals surface area contributed by atoms with Crippen molar-refractivity contribution in [2.45, 2.75) is 80.3 Å². The molecular weight excluding hydrogens is 845 g/mol. The van der Waals surface area contributed by atoms with Crippen LogP contribution in [0, 0.1) is 38.5 Å². The van der Waals surface area contributed by atoms with E-state index < -0.39 is 6.09 Å². The molecule has 0 bridgehead atoms. The number of H-pyrrole nitrogens is 2. The first-order valence-electron chi connectivity index (χ1n) is 21.9. The highest BCUT2D eigenvalue weighted by Gasteiger charge is 2.17. The van der Waals surface area contributed by atoms with Crippen LogP contribution in [0.3, 0.4) is 0 Å². The van der Waals surface area contributed by atoms with Gasteiger partial charge in [-0.25, -0.2) is 14.8 Å². The highest BCUT2D eigenvalue weighted by molar-refractivity contribution is 5.82. The number of amides is 4. The Hall–Kier alpha value is -7.60. The quantitative estimate of drug-likeness (QED) is 0.0528. The first-order valence-corrected chi connectivity index (χ1v) is 21.9. The number of carbonyl (C=O) groups excluding carboxylic acids is 4. The van der Waals surface area contributed by atoms with E-state index in [2.05, 4.69) is 155 Å². The maximum atomic E-state index is 12.6. The summed E-state index contributed by atoms with van der Waals surface area (Å²) in [6.07, 6.45) is 31.5. The number of rotatable bonds is 17. The van der Waals surface area contributed by atoms with Crippen molar-refractivity contribution in [3.8, 4) is 83.3 Å². The molecule has 67 heavy (non-hydrogen) atoms. The zero-order valence-electron chi connectivity index (χ0n) is 40.9. The molecule has 0 fully saturated rings. The smallest absolute Gasteiger partial charge is 0.407 e. The standard InChI is InChI=1S/C39H44N8O5.2C3H8.C2H6O.3C2H2/c1-4-18-46(37(49)22-40-26-48)24-35-41-20-33(44-35)31-14-10-29(11-15-31)27-6-8-28(9-7-27)30-12-16-32(17-13-30)34-21-42-36(45-34)25-47(19-5-2)38(50)23-43-39(51)52-3;3*1-3-2;3*1-2/h6-17,20-21,26H,4-5,18-19,22-25H2,1-3H3,(H,40,48)(H,41,44)(H,42,45)(H,43,51);2*3H2,1-2H3;1-2H3;3*1-2H. The van der Waals surface area contributed by atoms with Crippen molar-refractivity contribution in [1.29, 1.82) is 0 Å². The predicted octanol–water partition coefficient (Wildman–Crippen LogP) is 9.22. The second-order valence-corrected chi connectivity index (χ2v) is 14.0. The van der Waals surface area contributed by atoms with Crippen molar-refractivity contribution in [1.82, 2.24) is 40.4 Å². The Bertz CT molecular complexity index is 2120. The van der Waals surface area contributed by atoms with Crippen LogP contribution in [0.25, 0.3) is 44.8 Å². The molecule has 0 aliphatic rings. The monoisotopic (exact) mass is 917 g/mol. The third kappa shape index (κ3) is 23.2. The molecule has 14 heteroatoms. The zero-order valence-corrected chi connectivity index (χ0v) is 40.9. The van der Waals surface area contributed by atoms with Crippen molar-refractivity contribution < 1.29 is 28.7 Å². The Morgan fingerprint density at radius 1 is 0.567 bits per heavy atom. The maximum absolute atomic E-state index is 12.6. The van der Waals surface area contributed by atoms with E-state index in [0.717, 1.165) is 57.6 Å². The number of terminal acetylenes is 3. The lowest BCUT2D eigenvalue weighted by Crippen LogP contribution is -2.40. The minimum Gasteiger partial charge on any atom is -0.453 e. The van der Waals surface area contributed by atoms with Gasteiger partial charge in [0.15, 0.2) is 0 Å². The molecule has 4 amide bonds. The predicted molar refractivity (Wildman–Crippen MR) is 273 cm³/mol. The van der Waals surface area contributed by atoms with Crippen molar-refractivity contribution >= 4 is 24.3 Å². The number of methoxy groups -OCH3 is 2. The number of aromatic amines is 2. The third-order valence-electron chi connectivity index (χ3n) is 8.48. The van der Waals surface area contributed by atoms with Crippen LogP contribution >= 0.6 is 0 Å². The molecule has 4 N–H and O–H groups in total. The SMILES string of the molecule is C#C.C#C.C#C.CCC.CCC.CCCN(Cc1ncc(-c2ccc(-c3ccc(-c4ccc(-c5cnc(CN(CCC)C(=O)CNC(=O)OC)[nH]5)cc4)cc3)cc2)[nH]1)C(=O)CNC=O.COC. The largest absolute Gasteiger partial charge is 0.453 e. The third-order valence-corrected chi connectivity index (χ3v) is 8.48. The number of imidazole rings is 2. The average Bonchev–Trinajstić information content (AvgIpc) is 4.05. The summed E-state index contributed by atoms with van der Waals surface area (Å²) in [6.45, 7) is 14.1. The van der Waals surface area contributed by atoms with E-state index in [9.17, 15) is 19.2 Å². The van der Waals surface area contributed by atoms with E-state index in [-0.39, 0.29) is 24.9 Å². The number of hydrogen-bond donors (Lipinski definition) is 4. The number of alkyl carbamates (subject to hydrolysis) is 1. The highest BCUT2D eigenvalue weighted by Crippen LogP contribution is 2.29. The van der Waals surface area contributed by atoms with Gasteiger partial charge in [-0.15, -0.1) is 38.5 Å². The van der Waals surface area contributed by atoms with E-state index in [4.69, 9.17) is 0 Å². The number of nitrogens with one attached hydrogen (secondary N) is 4. The van der Waals surface area contributed by atoms with Crippen LogP contribution < -0.4 is 10.6 Å². The van der Waals surface area contributed by atoms with E-state index in [1.165, 1.54) is 20.0 Å². The topological polar surface area (TPSA) is 175 Å². The van der Waals surface area contributed by atoms with Crippen molar-refractivity contribution in [3.05, 3.63) is 96.8 Å². The Kier molecular flexibility index (Phi) is 35.6. The van der Waals surface area contributed by atoms with Crippen LogP contribution in [0.15, 0.2) is 85.2 Å². The van der Waals surface area contributed by atoms with Gasteiger partial charge in [-0.2, -0.15) is 0 Å². The second-order valence-electron chi connectivity index (χ2n) is 14.0. The molecule has 0 atom stereocenters. The molecule has 0 aliphatic heterocycles. The molecule has 14 nitrogen and oxygen atoms in total. The molecular formula is C53H72N8O6. The molecule has 5 rings (SSSR count). The van der Waals surface area contributed by atoms with Gasteiger partial charge in [-0.05, 0) is 46.2 Å². The van der Waals surface area contributed by atoms with Crippen LogP contribution in [-0.4, -0.2) is 102 Å². The van der Waals surface area contributed by atoms with Crippen molar-refractivity contribution in [3.63, 3.8) is 0 Å². The molecule has 2 heterocycles. The molecule has 5 aromatic rings. The van der Waals surface area contributed by atoms with E-state index >= 15 is 0 Å². The van der Waals surface area contributed by atoms with Gasteiger partial charge in [0, 0.05) is 27.3 Å². The maximum Gasteiger partial charge on any atom is 0.407 e. The molecule has 2 aromatic heterocycles. The molecule has 0 radical (unpaired) electrons. The van der Waals surface area contributed by atoms with Gasteiger partial charge < -0.3 is 39.9 Å². The molecule has 3 aromatic carbocycles. The molecule has 0 spiro atoms. The summed E-state index contributed by atoms with van der Waals surface area (Å²) in [5.41, 5.74) is 8.02. The summed E-state index contributed by atoms with van der Waals surface area (Å²) in [7, 11) is 4.51. The first-order chi connectivity index (χ1) is 32.6. The van der Waals surface area contributed by atoms with Crippen LogP contribution in [0.2, 0.25) is 0 Å². The molecule has 0 saturated carbocycles. The molecule has 0 unspecified atom stereocenters. The number of ether oxygens (including phenoxy) is 2. The van der Waals surface area contributed by atoms with Gasteiger partial charge in [0.05, 0.1) is 50.5 Å². The van der Waals surface area contributed by atoms with Crippen molar-refractivity contribution in [2.75, 3.05) is 47.5 Å². The summed E-state index contributed by atoms with van der Waals surface area (Å²) in [5, 5.41) is 4.87. The van der Waals surface area contributed by atoms with Crippen LogP contribution in [0.4, 0.5) is 4.79 Å². The Morgan fingerprint density at radius 2 is 0.866 bits per heavy atom. The second kappa shape index (κ2) is 38.8. The molecule has 360 valence electrons. The number of benzene rings is 3. The van der Waals surface area contributed by atoms with Gasteiger partial charge in [0.2, 0.25) is 18.2 Å². The van der Waals surface area contributed by atoms with Crippen LogP contribution in [-0.2, 0) is 36.9 Å². The molecule has 0 saturated heterocycles. The first kappa shape index (κ1) is 61.5. The van der Waals surface area contributed by atoms with Gasteiger partial charge >= 0.3 is 6.09 Å². The summed E-state index contributed by atoms with van der Waals surface area (Å²) >= 11 is 0. The summed E-state index contributed by atoms with van der Waals surface area (Å²) in [5.74, 6) is 0.970. The highest BCUT2D eigenvalue weighted by atomic mass is 16.5. The fraction of sp³-hybridized carbons (Fsp3) is 0.358. The summed E-state index contributed by atoms with van der Waals surface area (Å²) in [6, 6.07) is 24.9.